The van der Waals surface area contributed by atoms with E-state index in [1.54, 1.807) is 0 Å². The zero-order valence-electron chi connectivity index (χ0n) is 7.15. The van der Waals surface area contributed by atoms with Crippen molar-refractivity contribution >= 4 is 0 Å². The summed E-state index contributed by atoms with van der Waals surface area (Å²) >= 11 is 0. The Balaban J connectivity index is 0. The van der Waals surface area contributed by atoms with Gasteiger partial charge in [0.15, 0.2) is 0 Å². The second kappa shape index (κ2) is 4.42. The molecule has 0 aromatic rings. The Hall–Kier alpha value is 1.60. The maximum absolute atomic E-state index is 2.40. The van der Waals surface area contributed by atoms with Gasteiger partial charge in [0.1, 0.15) is 0 Å². The van der Waals surface area contributed by atoms with Crippen LogP contribution in [0.25, 0.3) is 0 Å². The summed E-state index contributed by atoms with van der Waals surface area (Å²) in [5, 5.41) is 0. The van der Waals surface area contributed by atoms with E-state index < -0.39 is 0 Å². The summed E-state index contributed by atoms with van der Waals surface area (Å²) < 4.78 is 0. The second-order valence-corrected chi connectivity index (χ2v) is 2.47. The van der Waals surface area contributed by atoms with Crippen LogP contribution in [0.5, 0.6) is 0 Å². The first kappa shape index (κ1) is 9.60. The zero-order chi connectivity index (χ0) is 5.28. The summed E-state index contributed by atoms with van der Waals surface area (Å²) in [6, 6.07) is 0.847. The minimum atomic E-state index is 0. The van der Waals surface area contributed by atoms with E-state index in [0.29, 0.717) is 0 Å². The van der Waals surface area contributed by atoms with Gasteiger partial charge < -0.3 is 6.33 Å². The average molecular weight is 139 g/mol. The molecule has 0 radical (unpaired) electrons. The summed E-state index contributed by atoms with van der Waals surface area (Å²) in [5.41, 5.74) is 0. The Morgan fingerprint density at radius 2 is 2.25 bits per heavy atom. The molecule has 0 bridgehead atoms. The fourth-order valence-corrected chi connectivity index (χ4v) is 1.08. The first-order valence-electron chi connectivity index (χ1n) is 3.01. The van der Waals surface area contributed by atoms with Crippen LogP contribution in [0, 0.1) is 0 Å². The van der Waals surface area contributed by atoms with Crippen molar-refractivity contribution in [2.24, 2.45) is 0 Å². The standard InChI is InChI=1S/C6H13N.K.H/c1-6-4-3-5-7(6)2;;/h6H,3-5H2,1-2H3;;/q;+1;-1. The van der Waals surface area contributed by atoms with E-state index in [9.17, 15) is 0 Å². The molecule has 0 N–H and O–H groups in total. The maximum atomic E-state index is 2.40. The molecule has 1 atom stereocenters. The van der Waals surface area contributed by atoms with Crippen LogP contribution >= 0.6 is 0 Å². The Kier molecular flexibility index (Phi) is 5.30. The van der Waals surface area contributed by atoms with E-state index in [4.69, 9.17) is 0 Å². The predicted molar refractivity (Wildman–Crippen MR) is 32.4 cm³/mol. The summed E-state index contributed by atoms with van der Waals surface area (Å²) in [6.45, 7) is 3.59. The van der Waals surface area contributed by atoms with Gasteiger partial charge in [0.2, 0.25) is 0 Å². The van der Waals surface area contributed by atoms with Crippen LogP contribution < -0.4 is 51.4 Å². The van der Waals surface area contributed by atoms with Crippen LogP contribution in [0.15, 0.2) is 0 Å². The topological polar surface area (TPSA) is 3.24 Å². The fraction of sp³-hybridized carbons (Fsp3) is 1.00. The van der Waals surface area contributed by atoms with Gasteiger partial charge in [0, 0.05) is 6.04 Å². The first-order chi connectivity index (χ1) is 3.30. The minimum Gasteiger partial charge on any atom is -1.00 e. The molecule has 1 aliphatic heterocycles. The molecule has 1 saturated heterocycles. The Morgan fingerprint density at radius 3 is 2.38 bits per heavy atom. The number of hydrogen-bond acceptors (Lipinski definition) is 1. The number of rotatable bonds is 0. The van der Waals surface area contributed by atoms with Gasteiger partial charge in [-0.3, -0.25) is 0 Å². The molecule has 0 aromatic carbocycles. The smallest absolute Gasteiger partial charge is 1.00 e. The van der Waals surface area contributed by atoms with Gasteiger partial charge in [0.25, 0.3) is 0 Å². The van der Waals surface area contributed by atoms with Crippen LogP contribution in [-0.2, 0) is 0 Å². The molecule has 0 saturated carbocycles. The number of hydrogen-bond donors (Lipinski definition) is 0. The first-order valence-corrected chi connectivity index (χ1v) is 3.01. The molecule has 44 valence electrons. The largest absolute Gasteiger partial charge is 1.00 e. The molecule has 0 spiro atoms. The predicted octanol–water partition coefficient (Wildman–Crippen LogP) is -1.78. The molecular weight excluding hydrogens is 125 g/mol. The van der Waals surface area contributed by atoms with Crippen molar-refractivity contribution in [2.45, 2.75) is 25.8 Å². The average Bonchev–Trinajstić information content (AvgIpc) is 1.91. The van der Waals surface area contributed by atoms with Crippen molar-refractivity contribution in [3.8, 4) is 0 Å². The summed E-state index contributed by atoms with van der Waals surface area (Å²) in [6.07, 6.45) is 2.80. The van der Waals surface area contributed by atoms with Crippen molar-refractivity contribution in [3.05, 3.63) is 0 Å². The molecule has 1 heterocycles. The summed E-state index contributed by atoms with van der Waals surface area (Å²) in [4.78, 5) is 2.40. The van der Waals surface area contributed by atoms with Gasteiger partial charge in [-0.15, -0.1) is 0 Å². The van der Waals surface area contributed by atoms with Crippen molar-refractivity contribution in [2.75, 3.05) is 13.6 Å². The van der Waals surface area contributed by atoms with Gasteiger partial charge in [-0.1, -0.05) is 0 Å². The molecule has 8 heavy (non-hydrogen) atoms. The van der Waals surface area contributed by atoms with Crippen molar-refractivity contribution in [3.63, 3.8) is 0 Å². The van der Waals surface area contributed by atoms with E-state index in [1.165, 1.54) is 19.4 Å². The molecule has 0 aliphatic carbocycles. The van der Waals surface area contributed by atoms with Crippen LogP contribution in [0.1, 0.15) is 21.2 Å². The van der Waals surface area contributed by atoms with Gasteiger partial charge >= 0.3 is 51.4 Å². The monoisotopic (exact) mass is 139 g/mol. The van der Waals surface area contributed by atoms with E-state index in [-0.39, 0.29) is 52.8 Å². The summed E-state index contributed by atoms with van der Waals surface area (Å²) in [7, 11) is 2.19. The molecule has 1 rings (SSSR count). The minimum absolute atomic E-state index is 0. The zero-order valence-corrected chi connectivity index (χ0v) is 9.27. The normalized spacial score (nSPS) is 30.0. The van der Waals surface area contributed by atoms with Gasteiger partial charge in [-0.25, -0.2) is 0 Å². The molecule has 1 unspecified atom stereocenters. The van der Waals surface area contributed by atoms with Crippen LogP contribution in [-0.4, -0.2) is 24.5 Å². The number of likely N-dealkylation sites (tertiary alicyclic amines) is 1. The van der Waals surface area contributed by atoms with E-state index in [2.05, 4.69) is 18.9 Å². The summed E-state index contributed by atoms with van der Waals surface area (Å²) in [5.74, 6) is 0. The Bertz CT molecular complexity index is 62.1. The SMILES string of the molecule is CC1CCCN1C.[H-].[K+]. The molecule has 1 aliphatic rings. The van der Waals surface area contributed by atoms with Gasteiger partial charge in [-0.05, 0) is 33.4 Å². The third kappa shape index (κ3) is 2.46. The van der Waals surface area contributed by atoms with Gasteiger partial charge in [-0.2, -0.15) is 0 Å². The van der Waals surface area contributed by atoms with Crippen LogP contribution in [0.4, 0.5) is 0 Å². The third-order valence-electron chi connectivity index (χ3n) is 1.89. The van der Waals surface area contributed by atoms with Crippen molar-refractivity contribution in [1.29, 1.82) is 0 Å². The molecule has 1 nitrogen and oxygen atoms in total. The van der Waals surface area contributed by atoms with Crippen molar-refractivity contribution < 1.29 is 52.8 Å². The van der Waals surface area contributed by atoms with Crippen LogP contribution in [0.3, 0.4) is 0 Å². The molecule has 0 aromatic heterocycles. The molecule has 2 heteroatoms. The van der Waals surface area contributed by atoms with E-state index >= 15 is 0 Å². The molecule has 1 fully saturated rings. The van der Waals surface area contributed by atoms with Crippen LogP contribution in [0.2, 0.25) is 0 Å². The fourth-order valence-electron chi connectivity index (χ4n) is 1.08. The van der Waals surface area contributed by atoms with E-state index in [0.717, 1.165) is 6.04 Å². The second-order valence-electron chi connectivity index (χ2n) is 2.47. The van der Waals surface area contributed by atoms with Gasteiger partial charge in [0.05, 0.1) is 0 Å². The Labute approximate surface area is 95.7 Å². The third-order valence-corrected chi connectivity index (χ3v) is 1.89. The molecule has 0 amide bonds. The molecular formula is C6H14KN. The van der Waals surface area contributed by atoms with E-state index in [1.807, 2.05) is 0 Å². The Morgan fingerprint density at radius 1 is 1.62 bits per heavy atom. The quantitative estimate of drug-likeness (QED) is 0.359. The maximum Gasteiger partial charge on any atom is 1.00 e. The number of nitrogens with zero attached hydrogens (tertiary/aromatic N) is 1. The van der Waals surface area contributed by atoms with Crippen molar-refractivity contribution in [1.82, 2.24) is 4.90 Å².